The smallest absolute Gasteiger partial charge is 0.0436 e. The molecule has 0 radical (unpaired) electrons. The average molecular weight is 274 g/mol. The topological polar surface area (TPSA) is 23.9 Å². The second-order valence-electron chi connectivity index (χ2n) is 3.48. The Morgan fingerprint density at radius 1 is 1.00 bits per heavy atom. The Balaban J connectivity index is 0.000000750. The third-order valence-corrected chi connectivity index (χ3v) is 2.68. The van der Waals surface area contributed by atoms with E-state index in [4.69, 9.17) is 5.41 Å². The molecule has 1 aliphatic rings. The monoisotopic (exact) mass is 273 g/mol. The number of benzene rings is 2. The van der Waals surface area contributed by atoms with Gasteiger partial charge in [-0.3, -0.25) is 0 Å². The molecule has 0 heterocycles. The van der Waals surface area contributed by atoms with Gasteiger partial charge in [0.05, 0.1) is 0 Å². The second kappa shape index (κ2) is 3.31. The van der Waals surface area contributed by atoms with Crippen molar-refractivity contribution >= 4 is 16.5 Å². The molecule has 0 fully saturated rings. The molecule has 0 atom stereocenters. The summed E-state index contributed by atoms with van der Waals surface area (Å²) in [4.78, 5) is 0. The summed E-state index contributed by atoms with van der Waals surface area (Å²) >= 11 is 0. The molecule has 0 aromatic heterocycles. The Morgan fingerprint density at radius 3 is 2.50 bits per heavy atom. The molecule has 14 heavy (non-hydrogen) atoms. The zero-order valence-electron chi connectivity index (χ0n) is 7.49. The summed E-state index contributed by atoms with van der Waals surface area (Å²) in [5.41, 5.74) is 3.18. The molecule has 1 nitrogen and oxygen atoms in total. The summed E-state index contributed by atoms with van der Waals surface area (Å²) in [5.74, 6) is 0. The van der Waals surface area contributed by atoms with E-state index >= 15 is 0 Å². The predicted molar refractivity (Wildman–Crippen MR) is 54.5 cm³/mol. The molecule has 3 rings (SSSR count). The van der Waals surface area contributed by atoms with Gasteiger partial charge >= 0.3 is 0 Å². The molecular formula is C12H9NPd. The minimum absolute atomic E-state index is 0. The molecule has 1 aliphatic carbocycles. The summed E-state index contributed by atoms with van der Waals surface area (Å²) in [5, 5.41) is 10.4. The normalized spacial score (nSPS) is 13.0. The molecule has 2 heteroatoms. The standard InChI is InChI=1S/C12H9N.Pd/c13-11-7-9-5-1-3-8-4-2-6-10(11)12(8)9;/h1-6,13H,7H2;. The van der Waals surface area contributed by atoms with Crippen LogP contribution in [0, 0.1) is 5.41 Å². The predicted octanol–water partition coefficient (Wildman–Crippen LogP) is 2.76. The molecule has 0 spiro atoms. The van der Waals surface area contributed by atoms with E-state index in [-0.39, 0.29) is 20.4 Å². The van der Waals surface area contributed by atoms with Crippen molar-refractivity contribution in [2.24, 2.45) is 0 Å². The SMILES string of the molecule is N=C1Cc2cccc3cccc1c23.[Pd]. The molecule has 2 aromatic carbocycles. The minimum Gasteiger partial charge on any atom is -0.304 e. The maximum absolute atomic E-state index is 7.82. The third-order valence-electron chi connectivity index (χ3n) is 2.68. The average Bonchev–Trinajstić information content (AvgIpc) is 2.47. The van der Waals surface area contributed by atoms with Gasteiger partial charge in [0.2, 0.25) is 0 Å². The van der Waals surface area contributed by atoms with E-state index in [2.05, 4.69) is 24.3 Å². The molecule has 0 saturated carbocycles. The number of hydrogen-bond acceptors (Lipinski definition) is 1. The first-order valence-corrected chi connectivity index (χ1v) is 4.45. The zero-order chi connectivity index (χ0) is 8.84. The van der Waals surface area contributed by atoms with Crippen LogP contribution in [-0.2, 0) is 26.8 Å². The Bertz CT molecular complexity index is 511. The quantitative estimate of drug-likeness (QED) is 0.714. The van der Waals surface area contributed by atoms with Gasteiger partial charge in [-0.2, -0.15) is 0 Å². The molecule has 1 N–H and O–H groups in total. The van der Waals surface area contributed by atoms with Crippen molar-refractivity contribution in [3.8, 4) is 0 Å². The van der Waals surface area contributed by atoms with E-state index in [0.717, 1.165) is 17.7 Å². The molecular weight excluding hydrogens is 265 g/mol. The molecule has 0 aliphatic heterocycles. The summed E-state index contributed by atoms with van der Waals surface area (Å²) in [7, 11) is 0. The van der Waals surface area contributed by atoms with Gasteiger partial charge in [-0.25, -0.2) is 0 Å². The third kappa shape index (κ3) is 1.15. The van der Waals surface area contributed by atoms with Gasteiger partial charge in [0, 0.05) is 38.1 Å². The molecule has 0 unspecified atom stereocenters. The summed E-state index contributed by atoms with van der Waals surface area (Å²) in [6, 6.07) is 12.5. The number of nitrogens with one attached hydrogen (secondary N) is 1. The van der Waals surface area contributed by atoms with Gasteiger partial charge in [0.1, 0.15) is 0 Å². The minimum atomic E-state index is 0. The van der Waals surface area contributed by atoms with E-state index in [1.807, 2.05) is 12.1 Å². The largest absolute Gasteiger partial charge is 0.304 e. The Morgan fingerprint density at radius 2 is 1.71 bits per heavy atom. The fraction of sp³-hybridized carbons (Fsp3) is 0.0833. The molecule has 2 aromatic rings. The Labute approximate surface area is 96.3 Å². The van der Waals surface area contributed by atoms with Crippen molar-refractivity contribution in [2.45, 2.75) is 6.42 Å². The van der Waals surface area contributed by atoms with Crippen LogP contribution >= 0.6 is 0 Å². The summed E-state index contributed by atoms with van der Waals surface area (Å²) in [6.45, 7) is 0. The van der Waals surface area contributed by atoms with E-state index < -0.39 is 0 Å². The van der Waals surface area contributed by atoms with Gasteiger partial charge < -0.3 is 5.41 Å². The summed E-state index contributed by atoms with van der Waals surface area (Å²) in [6.07, 6.45) is 0.802. The first kappa shape index (κ1) is 9.58. The molecule has 0 bridgehead atoms. The van der Waals surface area contributed by atoms with E-state index in [1.165, 1.54) is 16.3 Å². The van der Waals surface area contributed by atoms with E-state index in [9.17, 15) is 0 Å². The van der Waals surface area contributed by atoms with Crippen LogP contribution in [0.25, 0.3) is 10.8 Å². The van der Waals surface area contributed by atoms with Crippen LogP contribution in [0.3, 0.4) is 0 Å². The van der Waals surface area contributed by atoms with E-state index in [1.54, 1.807) is 0 Å². The molecule has 0 amide bonds. The van der Waals surface area contributed by atoms with Crippen LogP contribution in [0.5, 0.6) is 0 Å². The summed E-state index contributed by atoms with van der Waals surface area (Å²) < 4.78 is 0. The maximum atomic E-state index is 7.82. The van der Waals surface area contributed by atoms with Gasteiger partial charge in [-0.1, -0.05) is 36.4 Å². The first-order valence-electron chi connectivity index (χ1n) is 4.45. The molecule has 0 saturated heterocycles. The van der Waals surface area contributed by atoms with Crippen molar-refractivity contribution in [2.75, 3.05) is 0 Å². The van der Waals surface area contributed by atoms with Gasteiger partial charge in [0.25, 0.3) is 0 Å². The van der Waals surface area contributed by atoms with Gasteiger partial charge in [0.15, 0.2) is 0 Å². The van der Waals surface area contributed by atoms with Crippen molar-refractivity contribution < 1.29 is 20.4 Å². The Hall–Kier alpha value is -0.968. The van der Waals surface area contributed by atoms with Gasteiger partial charge in [-0.05, 0) is 16.3 Å². The van der Waals surface area contributed by atoms with Crippen molar-refractivity contribution in [1.29, 1.82) is 5.41 Å². The molecule has 72 valence electrons. The van der Waals surface area contributed by atoms with Crippen molar-refractivity contribution in [3.05, 3.63) is 47.5 Å². The van der Waals surface area contributed by atoms with Gasteiger partial charge in [-0.15, -0.1) is 0 Å². The zero-order valence-corrected chi connectivity index (χ0v) is 9.04. The first-order chi connectivity index (χ1) is 6.36. The number of hydrogen-bond donors (Lipinski definition) is 1. The van der Waals surface area contributed by atoms with Crippen LogP contribution in [0.4, 0.5) is 0 Å². The van der Waals surface area contributed by atoms with Crippen LogP contribution in [0.15, 0.2) is 36.4 Å². The van der Waals surface area contributed by atoms with E-state index in [0.29, 0.717) is 0 Å². The van der Waals surface area contributed by atoms with Crippen molar-refractivity contribution in [3.63, 3.8) is 0 Å². The van der Waals surface area contributed by atoms with Crippen molar-refractivity contribution in [1.82, 2.24) is 0 Å². The van der Waals surface area contributed by atoms with Crippen LogP contribution in [0.1, 0.15) is 11.1 Å². The second-order valence-corrected chi connectivity index (χ2v) is 3.48. The van der Waals surface area contributed by atoms with Crippen LogP contribution < -0.4 is 0 Å². The van der Waals surface area contributed by atoms with Crippen LogP contribution in [-0.4, -0.2) is 5.71 Å². The fourth-order valence-corrected chi connectivity index (χ4v) is 2.10. The van der Waals surface area contributed by atoms with Crippen LogP contribution in [0.2, 0.25) is 0 Å². The number of rotatable bonds is 0. The Kier molecular flexibility index (Phi) is 2.27. The fourth-order valence-electron chi connectivity index (χ4n) is 2.10. The maximum Gasteiger partial charge on any atom is 0.0436 e.